The third-order valence-corrected chi connectivity index (χ3v) is 3.54. The Labute approximate surface area is 123 Å². The maximum atomic E-state index is 13.2. The van der Waals surface area contributed by atoms with Crippen molar-refractivity contribution in [3.05, 3.63) is 62.8 Å². The average molecular weight is 343 g/mol. The molecule has 98 valence electrons. The van der Waals surface area contributed by atoms with Crippen LogP contribution in [0.2, 0.25) is 5.02 Å². The normalized spacial score (nSPS) is 10.3. The lowest BCUT2D eigenvalue weighted by atomic mass is 10.1. The number of benzene rings is 2. The summed E-state index contributed by atoms with van der Waals surface area (Å²) < 4.78 is 13.7. The molecule has 0 heterocycles. The van der Waals surface area contributed by atoms with Crippen molar-refractivity contribution in [3.63, 3.8) is 0 Å². The third-order valence-electron chi connectivity index (χ3n) is 2.61. The van der Waals surface area contributed by atoms with Crippen molar-refractivity contribution in [2.75, 3.05) is 5.32 Å². The molecule has 19 heavy (non-hydrogen) atoms. The lowest BCUT2D eigenvalue weighted by Crippen LogP contribution is -2.13. The van der Waals surface area contributed by atoms with Crippen LogP contribution >= 0.6 is 27.5 Å². The Hall–Kier alpha value is -1.39. The predicted molar refractivity (Wildman–Crippen MR) is 78.2 cm³/mol. The van der Waals surface area contributed by atoms with Crippen LogP contribution in [0, 0.1) is 12.7 Å². The van der Waals surface area contributed by atoms with Gasteiger partial charge in [0, 0.05) is 15.2 Å². The van der Waals surface area contributed by atoms with Crippen molar-refractivity contribution < 1.29 is 9.18 Å². The topological polar surface area (TPSA) is 29.1 Å². The van der Waals surface area contributed by atoms with Crippen LogP contribution in [0.3, 0.4) is 0 Å². The highest BCUT2D eigenvalue weighted by molar-refractivity contribution is 9.10. The number of amides is 1. The molecule has 0 spiro atoms. The molecule has 0 aliphatic heterocycles. The monoisotopic (exact) mass is 341 g/mol. The molecule has 0 saturated carbocycles. The standard InChI is InChI=1S/C14H10BrClFNO/c1-8-6-9(16)2-5-13(8)18-14(19)11-7-10(17)3-4-12(11)15/h2-7H,1H3,(H,18,19). The van der Waals surface area contributed by atoms with Crippen LogP contribution in [-0.2, 0) is 0 Å². The number of rotatable bonds is 2. The second-order valence-corrected chi connectivity index (χ2v) is 5.33. The molecule has 1 amide bonds. The van der Waals surface area contributed by atoms with E-state index in [-0.39, 0.29) is 11.5 Å². The lowest BCUT2D eigenvalue weighted by Gasteiger charge is -2.10. The summed E-state index contributed by atoms with van der Waals surface area (Å²) in [5.74, 6) is -0.835. The molecule has 0 atom stereocenters. The van der Waals surface area contributed by atoms with Gasteiger partial charge in [-0.3, -0.25) is 4.79 Å². The zero-order chi connectivity index (χ0) is 14.0. The summed E-state index contributed by atoms with van der Waals surface area (Å²) in [6.07, 6.45) is 0. The van der Waals surface area contributed by atoms with Crippen LogP contribution in [0.5, 0.6) is 0 Å². The molecular weight excluding hydrogens is 333 g/mol. The molecule has 0 aliphatic carbocycles. The maximum absolute atomic E-state index is 13.2. The molecule has 0 aliphatic rings. The van der Waals surface area contributed by atoms with Gasteiger partial charge in [-0.15, -0.1) is 0 Å². The Kier molecular flexibility index (Phi) is 4.22. The summed E-state index contributed by atoms with van der Waals surface area (Å²) in [4.78, 5) is 12.1. The van der Waals surface area contributed by atoms with Gasteiger partial charge < -0.3 is 5.32 Å². The summed E-state index contributed by atoms with van der Waals surface area (Å²) in [6, 6.07) is 9.11. The molecule has 0 fully saturated rings. The van der Waals surface area contributed by atoms with E-state index in [0.29, 0.717) is 15.2 Å². The van der Waals surface area contributed by atoms with Gasteiger partial charge in [-0.25, -0.2) is 4.39 Å². The van der Waals surface area contributed by atoms with E-state index in [1.807, 2.05) is 6.92 Å². The van der Waals surface area contributed by atoms with Crippen molar-refractivity contribution in [1.29, 1.82) is 0 Å². The van der Waals surface area contributed by atoms with E-state index in [2.05, 4.69) is 21.2 Å². The van der Waals surface area contributed by atoms with Crippen molar-refractivity contribution in [2.45, 2.75) is 6.92 Å². The summed E-state index contributed by atoms with van der Waals surface area (Å²) in [7, 11) is 0. The zero-order valence-corrected chi connectivity index (χ0v) is 12.3. The molecular formula is C14H10BrClFNO. The Morgan fingerprint density at radius 2 is 2.00 bits per heavy atom. The van der Waals surface area contributed by atoms with E-state index in [9.17, 15) is 9.18 Å². The first-order chi connectivity index (χ1) is 8.97. The fourth-order valence-corrected chi connectivity index (χ4v) is 2.28. The summed E-state index contributed by atoms with van der Waals surface area (Å²) >= 11 is 9.07. The molecule has 2 aromatic carbocycles. The molecule has 0 aromatic heterocycles. The summed E-state index contributed by atoms with van der Waals surface area (Å²) in [5.41, 5.74) is 1.73. The number of nitrogens with one attached hydrogen (secondary N) is 1. The van der Waals surface area contributed by atoms with Gasteiger partial charge in [0.05, 0.1) is 5.56 Å². The minimum Gasteiger partial charge on any atom is -0.322 e. The van der Waals surface area contributed by atoms with Crippen LogP contribution in [0.25, 0.3) is 0 Å². The highest BCUT2D eigenvalue weighted by Crippen LogP contribution is 2.23. The van der Waals surface area contributed by atoms with Gasteiger partial charge in [0.15, 0.2) is 0 Å². The van der Waals surface area contributed by atoms with Crippen LogP contribution in [0.15, 0.2) is 40.9 Å². The van der Waals surface area contributed by atoms with E-state index >= 15 is 0 Å². The van der Waals surface area contributed by atoms with Gasteiger partial charge in [0.25, 0.3) is 5.91 Å². The maximum Gasteiger partial charge on any atom is 0.256 e. The highest BCUT2D eigenvalue weighted by atomic mass is 79.9. The Morgan fingerprint density at radius 1 is 1.26 bits per heavy atom. The van der Waals surface area contributed by atoms with Gasteiger partial charge in [0.2, 0.25) is 0 Å². The minimum absolute atomic E-state index is 0.245. The summed E-state index contributed by atoms with van der Waals surface area (Å²) in [6.45, 7) is 1.84. The first kappa shape index (κ1) is 14.0. The Bertz CT molecular complexity index is 645. The van der Waals surface area contributed by atoms with E-state index in [1.165, 1.54) is 18.2 Å². The van der Waals surface area contributed by atoms with E-state index in [4.69, 9.17) is 11.6 Å². The molecule has 0 saturated heterocycles. The smallest absolute Gasteiger partial charge is 0.256 e. The lowest BCUT2D eigenvalue weighted by molar-refractivity contribution is 0.102. The molecule has 0 bridgehead atoms. The number of carbonyl (C=O) groups excluding carboxylic acids is 1. The van der Waals surface area contributed by atoms with Crippen molar-refractivity contribution in [3.8, 4) is 0 Å². The van der Waals surface area contributed by atoms with E-state index in [0.717, 1.165) is 5.56 Å². The van der Waals surface area contributed by atoms with E-state index in [1.54, 1.807) is 18.2 Å². The second-order valence-electron chi connectivity index (χ2n) is 4.04. The zero-order valence-electron chi connectivity index (χ0n) is 10.0. The fourth-order valence-electron chi connectivity index (χ4n) is 1.63. The van der Waals surface area contributed by atoms with Gasteiger partial charge >= 0.3 is 0 Å². The van der Waals surface area contributed by atoms with E-state index < -0.39 is 5.82 Å². The van der Waals surface area contributed by atoms with Crippen LogP contribution in [0.4, 0.5) is 10.1 Å². The molecule has 0 radical (unpaired) electrons. The molecule has 5 heteroatoms. The molecule has 0 unspecified atom stereocenters. The fraction of sp³-hybridized carbons (Fsp3) is 0.0714. The quantitative estimate of drug-likeness (QED) is 0.834. The number of aryl methyl sites for hydroxylation is 1. The molecule has 2 aromatic rings. The van der Waals surface area contributed by atoms with Gasteiger partial charge in [-0.1, -0.05) is 11.6 Å². The first-order valence-corrected chi connectivity index (χ1v) is 6.67. The third kappa shape index (κ3) is 3.33. The van der Waals surface area contributed by atoms with Gasteiger partial charge in [-0.05, 0) is 64.8 Å². The Morgan fingerprint density at radius 3 is 2.68 bits per heavy atom. The second kappa shape index (κ2) is 5.72. The van der Waals surface area contributed by atoms with Crippen LogP contribution in [0.1, 0.15) is 15.9 Å². The summed E-state index contributed by atoms with van der Waals surface area (Å²) in [5, 5.41) is 3.33. The van der Waals surface area contributed by atoms with Crippen molar-refractivity contribution in [2.24, 2.45) is 0 Å². The highest BCUT2D eigenvalue weighted by Gasteiger charge is 2.12. The average Bonchev–Trinajstić information content (AvgIpc) is 2.35. The number of anilines is 1. The van der Waals surface area contributed by atoms with Gasteiger partial charge in [0.1, 0.15) is 5.82 Å². The van der Waals surface area contributed by atoms with Crippen LogP contribution < -0.4 is 5.32 Å². The van der Waals surface area contributed by atoms with Crippen molar-refractivity contribution >= 4 is 39.1 Å². The van der Waals surface area contributed by atoms with Crippen molar-refractivity contribution in [1.82, 2.24) is 0 Å². The van der Waals surface area contributed by atoms with Crippen LogP contribution in [-0.4, -0.2) is 5.91 Å². The number of hydrogen-bond donors (Lipinski definition) is 1. The number of carbonyl (C=O) groups is 1. The largest absolute Gasteiger partial charge is 0.322 e. The SMILES string of the molecule is Cc1cc(Cl)ccc1NC(=O)c1cc(F)ccc1Br. The first-order valence-electron chi connectivity index (χ1n) is 5.50. The number of hydrogen-bond acceptors (Lipinski definition) is 1. The van der Waals surface area contributed by atoms with Gasteiger partial charge in [-0.2, -0.15) is 0 Å². The molecule has 2 rings (SSSR count). The molecule has 1 N–H and O–H groups in total. The predicted octanol–water partition coefficient (Wildman–Crippen LogP) is 4.80. The molecule has 2 nitrogen and oxygen atoms in total. The number of halogens is 3. The Balaban J connectivity index is 2.28. The minimum atomic E-state index is -0.457.